The fourth-order valence-electron chi connectivity index (χ4n) is 8.51. The lowest BCUT2D eigenvalue weighted by Crippen LogP contribution is -2.01. The minimum atomic E-state index is -0.773. The van der Waals surface area contributed by atoms with Crippen molar-refractivity contribution in [2.75, 3.05) is 0 Å². The van der Waals surface area contributed by atoms with Crippen molar-refractivity contribution in [1.29, 1.82) is 0 Å². The number of benzene rings is 9. The van der Waals surface area contributed by atoms with Crippen molar-refractivity contribution in [3.8, 4) is 39.3 Å². The Balaban J connectivity index is 1.13. The maximum absolute atomic E-state index is 9.82. The molecule has 0 aliphatic rings. The van der Waals surface area contributed by atoms with Gasteiger partial charge in [-0.05, 0) is 88.9 Å². The van der Waals surface area contributed by atoms with Crippen LogP contribution in [-0.4, -0.2) is 13.7 Å². The van der Waals surface area contributed by atoms with E-state index in [-0.39, 0.29) is 5.69 Å². The Hall–Kier alpha value is -7.62. The van der Waals surface area contributed by atoms with E-state index in [0.29, 0.717) is 11.0 Å². The van der Waals surface area contributed by atoms with Crippen LogP contribution in [0, 0.1) is 0 Å². The Morgan fingerprint density at radius 1 is 0.316 bits per heavy atom. The molecule has 3 heteroatoms. The lowest BCUT2D eigenvalue weighted by Gasteiger charge is -2.15. The highest BCUT2D eigenvalue weighted by Crippen LogP contribution is 2.41. The summed E-state index contributed by atoms with van der Waals surface area (Å²) in [6.07, 6.45) is 0. The monoisotopic (exact) mass is 738 g/mol. The fraction of sp³-hybridized carbons (Fsp3) is 0. The highest BCUT2D eigenvalue weighted by Gasteiger charge is 2.21. The van der Waals surface area contributed by atoms with Crippen LogP contribution in [-0.2, 0) is 0 Å². The molecule has 0 atom stereocenters. The number of rotatable bonds is 5. The number of nitrogens with zero attached hydrogens (tertiary/aromatic N) is 3. The minimum absolute atomic E-state index is 0.134. The van der Waals surface area contributed by atoms with Crippen LogP contribution in [0.3, 0.4) is 0 Å². The zero-order chi connectivity index (χ0) is 48.8. The quantitative estimate of drug-likeness (QED) is 0.167. The summed E-state index contributed by atoms with van der Waals surface area (Å²) in [4.78, 5) is 0. The van der Waals surface area contributed by atoms with Crippen molar-refractivity contribution >= 4 is 65.4 Å². The fourth-order valence-corrected chi connectivity index (χ4v) is 8.51. The van der Waals surface area contributed by atoms with E-state index < -0.39 is 101 Å². The molecular formula is C54H35N3. The first-order valence-corrected chi connectivity index (χ1v) is 18.6. The molecule has 12 aromatic rings. The Labute approximate surface area is 347 Å². The van der Waals surface area contributed by atoms with Gasteiger partial charge in [-0.2, -0.15) is 0 Å². The summed E-state index contributed by atoms with van der Waals surface area (Å²) in [6.45, 7) is 0. The first-order chi connectivity index (χ1) is 33.7. The van der Waals surface area contributed by atoms with Crippen LogP contribution >= 0.6 is 0 Å². The molecule has 3 heterocycles. The maximum atomic E-state index is 9.82. The van der Waals surface area contributed by atoms with Gasteiger partial charge in [-0.15, -0.1) is 0 Å². The van der Waals surface area contributed by atoms with Gasteiger partial charge in [-0.1, -0.05) is 145 Å². The molecule has 57 heavy (non-hydrogen) atoms. The van der Waals surface area contributed by atoms with E-state index >= 15 is 0 Å². The molecule has 0 N–H and O–H groups in total. The molecule has 12 rings (SSSR count). The molecule has 0 saturated heterocycles. The highest BCUT2D eigenvalue weighted by atomic mass is 15.1. The second-order valence-electron chi connectivity index (χ2n) is 13.9. The van der Waals surface area contributed by atoms with Crippen LogP contribution in [0.1, 0.15) is 17.8 Å². The van der Waals surface area contributed by atoms with E-state index in [0.717, 1.165) is 65.8 Å². The molecule has 0 fully saturated rings. The molecule has 9 aromatic carbocycles. The van der Waals surface area contributed by atoms with Crippen molar-refractivity contribution in [2.45, 2.75) is 0 Å². The second kappa shape index (κ2) is 12.5. The Kier molecular flexibility index (Phi) is 4.69. The molecule has 0 saturated carbocycles. The molecular weight excluding hydrogens is 691 g/mol. The number of aromatic nitrogens is 3. The van der Waals surface area contributed by atoms with Gasteiger partial charge in [0.25, 0.3) is 0 Å². The van der Waals surface area contributed by atoms with E-state index in [1.165, 1.54) is 0 Å². The summed E-state index contributed by atoms with van der Waals surface area (Å²) >= 11 is 0. The summed E-state index contributed by atoms with van der Waals surface area (Å²) in [5.74, 6) is 0. The average Bonchev–Trinajstić information content (AvgIpc) is 4.02. The first-order valence-electron chi connectivity index (χ1n) is 25.1. The van der Waals surface area contributed by atoms with Crippen LogP contribution in [0.2, 0.25) is 0 Å². The molecule has 266 valence electrons. The molecule has 3 aromatic heterocycles. The third-order valence-corrected chi connectivity index (χ3v) is 10.9. The van der Waals surface area contributed by atoms with Gasteiger partial charge in [-0.25, -0.2) is 0 Å². The standard InChI is InChI=1S/C54H35N3/c1-2-15-36(16-3-1)37-17-12-18-38(33-37)39-19-13-20-40(34-39)55-48-26-8-7-24-45(48)47-35-41(31-32-52(47)55)56-49-27-9-6-23-44(49)46-25-14-30-53(54(46)56)57-50-28-10-4-21-42(50)43-22-5-11-29-51(43)57/h1-35H/i1D,2D,3D,12D,13D,15D,16D,17D,18D,19D,20D,33D,34D. The van der Waals surface area contributed by atoms with Crippen LogP contribution < -0.4 is 0 Å². The van der Waals surface area contributed by atoms with Crippen LogP contribution in [0.4, 0.5) is 0 Å². The number of hydrogen-bond donors (Lipinski definition) is 0. The number of fused-ring (bicyclic) bond motifs is 9. The minimum Gasteiger partial charge on any atom is -0.309 e. The van der Waals surface area contributed by atoms with Gasteiger partial charge in [0.05, 0.1) is 56.6 Å². The van der Waals surface area contributed by atoms with Gasteiger partial charge >= 0.3 is 0 Å². The maximum Gasteiger partial charge on any atom is 0.0782 e. The lowest BCUT2D eigenvalue weighted by atomic mass is 9.99. The SMILES string of the molecule is [2H]c1c([2H])c([2H])c(-c2c([2H])c([2H])c([2H])c(-c3c([2H])c([2H])c([2H])c(-n4c5ccccc5c5cc(-n6c7ccccc7c7cccc(-n8c9ccccc9c9ccccc98)c76)ccc54)c3[2H])c2[2H])c([2H])c1[2H]. The second-order valence-corrected chi connectivity index (χ2v) is 13.9. The summed E-state index contributed by atoms with van der Waals surface area (Å²) < 4.78 is 122. The van der Waals surface area contributed by atoms with Crippen molar-refractivity contribution in [2.24, 2.45) is 0 Å². The summed E-state index contributed by atoms with van der Waals surface area (Å²) in [5.41, 5.74) is 4.80. The van der Waals surface area contributed by atoms with Crippen LogP contribution in [0.15, 0.2) is 212 Å². The van der Waals surface area contributed by atoms with E-state index in [2.05, 4.69) is 81.9 Å². The van der Waals surface area contributed by atoms with E-state index in [1.54, 1.807) is 4.57 Å². The third kappa shape index (κ3) is 4.79. The molecule has 0 aliphatic heterocycles. The van der Waals surface area contributed by atoms with Gasteiger partial charge in [0.2, 0.25) is 0 Å². The highest BCUT2D eigenvalue weighted by molar-refractivity contribution is 6.16. The van der Waals surface area contributed by atoms with Gasteiger partial charge < -0.3 is 13.7 Å². The molecule has 0 bridgehead atoms. The molecule has 0 spiro atoms. The van der Waals surface area contributed by atoms with Crippen molar-refractivity contribution in [3.63, 3.8) is 0 Å². The van der Waals surface area contributed by atoms with Crippen molar-refractivity contribution in [3.05, 3.63) is 212 Å². The molecule has 0 aliphatic carbocycles. The van der Waals surface area contributed by atoms with Crippen LogP contribution in [0.5, 0.6) is 0 Å². The predicted molar refractivity (Wildman–Crippen MR) is 240 cm³/mol. The van der Waals surface area contributed by atoms with E-state index in [9.17, 15) is 4.11 Å². The largest absolute Gasteiger partial charge is 0.309 e. The third-order valence-electron chi connectivity index (χ3n) is 10.9. The van der Waals surface area contributed by atoms with E-state index in [4.69, 9.17) is 13.7 Å². The summed E-state index contributed by atoms with van der Waals surface area (Å²) in [7, 11) is 0. The summed E-state index contributed by atoms with van der Waals surface area (Å²) in [6, 6.07) is 35.8. The number of hydrogen-bond acceptors (Lipinski definition) is 0. The molecule has 0 unspecified atom stereocenters. The van der Waals surface area contributed by atoms with Crippen molar-refractivity contribution < 1.29 is 17.8 Å². The molecule has 3 nitrogen and oxygen atoms in total. The lowest BCUT2D eigenvalue weighted by molar-refractivity contribution is 1.13. The topological polar surface area (TPSA) is 14.8 Å². The predicted octanol–water partition coefficient (Wildman–Crippen LogP) is 14.3. The van der Waals surface area contributed by atoms with Crippen molar-refractivity contribution in [1.82, 2.24) is 13.7 Å². The molecule has 0 amide bonds. The Morgan fingerprint density at radius 3 is 1.49 bits per heavy atom. The van der Waals surface area contributed by atoms with Crippen LogP contribution in [0.25, 0.3) is 105 Å². The molecule has 0 radical (unpaired) electrons. The van der Waals surface area contributed by atoms with Gasteiger partial charge in [0, 0.05) is 43.7 Å². The zero-order valence-electron chi connectivity index (χ0n) is 43.0. The number of para-hydroxylation sites is 5. The van der Waals surface area contributed by atoms with Gasteiger partial charge in [-0.3, -0.25) is 0 Å². The average molecular weight is 739 g/mol. The van der Waals surface area contributed by atoms with E-state index in [1.807, 2.05) is 60.7 Å². The zero-order valence-corrected chi connectivity index (χ0v) is 30.0. The smallest absolute Gasteiger partial charge is 0.0782 e. The Morgan fingerprint density at radius 2 is 0.807 bits per heavy atom. The van der Waals surface area contributed by atoms with Gasteiger partial charge in [0.15, 0.2) is 0 Å². The summed E-state index contributed by atoms with van der Waals surface area (Å²) in [5, 5.41) is 5.86. The Bertz CT molecular complexity index is 4220. The normalized spacial score (nSPS) is 15.1. The first kappa shape index (κ1) is 21.5. The van der Waals surface area contributed by atoms with Gasteiger partial charge in [0.1, 0.15) is 0 Å².